The van der Waals surface area contributed by atoms with Crippen LogP contribution < -0.4 is 0 Å². The van der Waals surface area contributed by atoms with E-state index in [1.807, 2.05) is 0 Å². The Bertz CT molecular complexity index is 584. The fraction of sp³-hybridized carbons (Fsp3) is 0. The molecule has 0 aliphatic carbocycles. The summed E-state index contributed by atoms with van der Waals surface area (Å²) < 4.78 is 0. The minimum absolute atomic E-state index is 0.0199. The second-order valence-electron chi connectivity index (χ2n) is 3.34. The van der Waals surface area contributed by atoms with Crippen LogP contribution in [0.5, 0.6) is 0 Å². The van der Waals surface area contributed by atoms with E-state index >= 15 is 0 Å². The van der Waals surface area contributed by atoms with Crippen LogP contribution in [0.25, 0.3) is 11.3 Å². The van der Waals surface area contributed by atoms with E-state index in [9.17, 15) is 4.79 Å². The highest BCUT2D eigenvalue weighted by Gasteiger charge is 2.09. The van der Waals surface area contributed by atoms with Crippen molar-refractivity contribution in [3.63, 3.8) is 0 Å². The molecule has 2 rings (SSSR count). The van der Waals surface area contributed by atoms with Crippen LogP contribution in [0.15, 0.2) is 36.4 Å². The van der Waals surface area contributed by atoms with Crippen molar-refractivity contribution in [2.75, 3.05) is 0 Å². The Balaban J connectivity index is 2.53. The van der Waals surface area contributed by atoms with Crippen LogP contribution in [0, 0.1) is 0 Å². The molecule has 0 atom stereocenters. The zero-order valence-corrected chi connectivity index (χ0v) is 10.0. The van der Waals surface area contributed by atoms with Gasteiger partial charge in [-0.15, -0.1) is 0 Å². The van der Waals surface area contributed by atoms with Gasteiger partial charge in [0.25, 0.3) is 0 Å². The molecule has 17 heavy (non-hydrogen) atoms. The maximum atomic E-state index is 10.8. The quantitative estimate of drug-likeness (QED) is 0.902. The number of hydrogen-bond donors (Lipinski definition) is 1. The van der Waals surface area contributed by atoms with Crippen molar-refractivity contribution in [1.29, 1.82) is 0 Å². The summed E-state index contributed by atoms with van der Waals surface area (Å²) >= 11 is 11.8. The minimum Gasteiger partial charge on any atom is -0.477 e. The summed E-state index contributed by atoms with van der Waals surface area (Å²) in [7, 11) is 0. The number of hydrogen-bond acceptors (Lipinski definition) is 2. The van der Waals surface area contributed by atoms with Crippen molar-refractivity contribution >= 4 is 29.2 Å². The molecule has 1 aromatic heterocycles. The molecule has 3 nitrogen and oxygen atoms in total. The van der Waals surface area contributed by atoms with Gasteiger partial charge in [0.1, 0.15) is 5.69 Å². The molecule has 1 N–H and O–H groups in total. The lowest BCUT2D eigenvalue weighted by molar-refractivity contribution is 0.0690. The molecule has 86 valence electrons. The second-order valence-corrected chi connectivity index (χ2v) is 4.18. The number of carboxylic acid groups (broad SMARTS) is 1. The van der Waals surface area contributed by atoms with Gasteiger partial charge in [0.2, 0.25) is 0 Å². The first-order chi connectivity index (χ1) is 8.08. The summed E-state index contributed by atoms with van der Waals surface area (Å²) in [5.74, 6) is -1.07. The second kappa shape index (κ2) is 4.73. The van der Waals surface area contributed by atoms with Gasteiger partial charge in [0, 0.05) is 10.6 Å². The Morgan fingerprint density at radius 2 is 1.94 bits per heavy atom. The molecule has 0 aliphatic rings. The predicted octanol–water partition coefficient (Wildman–Crippen LogP) is 3.75. The van der Waals surface area contributed by atoms with Gasteiger partial charge in [-0.3, -0.25) is 0 Å². The average Bonchev–Trinajstić information content (AvgIpc) is 2.29. The van der Waals surface area contributed by atoms with E-state index < -0.39 is 5.97 Å². The van der Waals surface area contributed by atoms with Gasteiger partial charge in [0.15, 0.2) is 0 Å². The van der Waals surface area contributed by atoms with Gasteiger partial charge in [-0.25, -0.2) is 9.78 Å². The van der Waals surface area contributed by atoms with Crippen LogP contribution in [-0.4, -0.2) is 16.1 Å². The third-order valence-electron chi connectivity index (χ3n) is 2.18. The van der Waals surface area contributed by atoms with E-state index in [1.165, 1.54) is 6.07 Å². The van der Waals surface area contributed by atoms with Crippen molar-refractivity contribution in [3.8, 4) is 11.3 Å². The highest BCUT2D eigenvalue weighted by molar-refractivity contribution is 6.36. The Morgan fingerprint density at radius 3 is 2.59 bits per heavy atom. The highest BCUT2D eigenvalue weighted by Crippen LogP contribution is 2.29. The Hall–Kier alpha value is -1.58. The van der Waals surface area contributed by atoms with E-state index in [4.69, 9.17) is 28.3 Å². The highest BCUT2D eigenvalue weighted by atomic mass is 35.5. The molecule has 5 heteroatoms. The number of carboxylic acids is 1. The van der Waals surface area contributed by atoms with Gasteiger partial charge >= 0.3 is 5.97 Å². The summed E-state index contributed by atoms with van der Waals surface area (Å²) in [6.45, 7) is 0. The van der Waals surface area contributed by atoms with Gasteiger partial charge in [-0.05, 0) is 30.3 Å². The van der Waals surface area contributed by atoms with E-state index in [0.29, 0.717) is 21.3 Å². The third kappa shape index (κ3) is 2.57. The van der Waals surface area contributed by atoms with Crippen LogP contribution in [0.2, 0.25) is 10.0 Å². The molecule has 0 aliphatic heterocycles. The molecule has 0 radical (unpaired) electrons. The summed E-state index contributed by atoms with van der Waals surface area (Å²) in [4.78, 5) is 14.8. The number of nitrogens with zero attached hydrogens (tertiary/aromatic N) is 1. The lowest BCUT2D eigenvalue weighted by Crippen LogP contribution is -2.00. The zero-order valence-electron chi connectivity index (χ0n) is 8.52. The Morgan fingerprint density at radius 1 is 1.18 bits per heavy atom. The molecule has 0 bridgehead atoms. The van der Waals surface area contributed by atoms with E-state index in [-0.39, 0.29) is 5.69 Å². The van der Waals surface area contributed by atoms with Gasteiger partial charge in [-0.1, -0.05) is 29.3 Å². The van der Waals surface area contributed by atoms with Crippen molar-refractivity contribution in [3.05, 3.63) is 52.1 Å². The first-order valence-electron chi connectivity index (χ1n) is 4.73. The summed E-state index contributed by atoms with van der Waals surface area (Å²) in [6, 6.07) is 9.72. The molecule has 0 saturated heterocycles. The number of halogens is 2. The molecule has 0 fully saturated rings. The molecule has 0 spiro atoms. The minimum atomic E-state index is -1.07. The fourth-order valence-corrected chi connectivity index (χ4v) is 1.91. The summed E-state index contributed by atoms with van der Waals surface area (Å²) in [5, 5.41) is 9.81. The number of aromatic carboxylic acids is 1. The summed E-state index contributed by atoms with van der Waals surface area (Å²) in [5.41, 5.74) is 1.14. The molecule has 2 aromatic rings. The fourth-order valence-electron chi connectivity index (χ4n) is 1.40. The molecule has 0 saturated carbocycles. The van der Waals surface area contributed by atoms with Crippen LogP contribution in [0.3, 0.4) is 0 Å². The van der Waals surface area contributed by atoms with E-state index in [1.54, 1.807) is 30.3 Å². The smallest absolute Gasteiger partial charge is 0.354 e. The van der Waals surface area contributed by atoms with Crippen LogP contribution >= 0.6 is 23.2 Å². The maximum Gasteiger partial charge on any atom is 0.354 e. The Kier molecular flexibility index (Phi) is 3.31. The predicted molar refractivity (Wildman–Crippen MR) is 66.7 cm³/mol. The van der Waals surface area contributed by atoms with Crippen LogP contribution in [0.4, 0.5) is 0 Å². The lowest BCUT2D eigenvalue weighted by Gasteiger charge is -2.04. The molecular formula is C12H7Cl2NO2. The molecule has 1 aromatic carbocycles. The lowest BCUT2D eigenvalue weighted by atomic mass is 10.1. The number of aromatic nitrogens is 1. The normalized spacial score (nSPS) is 10.2. The SMILES string of the molecule is O=C(O)c1cccc(-c2ccc(Cl)cc2Cl)n1. The molecule has 0 amide bonds. The largest absolute Gasteiger partial charge is 0.477 e. The number of pyridine rings is 1. The topological polar surface area (TPSA) is 50.2 Å². The van der Waals surface area contributed by atoms with Crippen molar-refractivity contribution < 1.29 is 9.90 Å². The van der Waals surface area contributed by atoms with Gasteiger partial charge in [-0.2, -0.15) is 0 Å². The average molecular weight is 268 g/mol. The molecule has 1 heterocycles. The van der Waals surface area contributed by atoms with E-state index in [2.05, 4.69) is 4.98 Å². The zero-order chi connectivity index (χ0) is 12.4. The monoisotopic (exact) mass is 267 g/mol. The summed E-state index contributed by atoms with van der Waals surface area (Å²) in [6.07, 6.45) is 0. The molecule has 0 unspecified atom stereocenters. The standard InChI is InChI=1S/C12H7Cl2NO2/c13-7-4-5-8(9(14)6-7)10-2-1-3-11(15-10)12(16)17/h1-6H,(H,16,17). The first kappa shape index (κ1) is 11.9. The van der Waals surface area contributed by atoms with Gasteiger partial charge < -0.3 is 5.11 Å². The van der Waals surface area contributed by atoms with Crippen molar-refractivity contribution in [1.82, 2.24) is 4.98 Å². The first-order valence-corrected chi connectivity index (χ1v) is 5.49. The van der Waals surface area contributed by atoms with Crippen LogP contribution in [0.1, 0.15) is 10.5 Å². The van der Waals surface area contributed by atoms with Crippen molar-refractivity contribution in [2.45, 2.75) is 0 Å². The molecular weight excluding hydrogens is 261 g/mol. The van der Waals surface area contributed by atoms with Crippen molar-refractivity contribution in [2.24, 2.45) is 0 Å². The number of rotatable bonds is 2. The van der Waals surface area contributed by atoms with E-state index in [0.717, 1.165) is 0 Å². The number of benzene rings is 1. The van der Waals surface area contributed by atoms with Crippen LogP contribution in [-0.2, 0) is 0 Å². The third-order valence-corrected chi connectivity index (χ3v) is 2.72. The van der Waals surface area contributed by atoms with Gasteiger partial charge in [0.05, 0.1) is 10.7 Å². The maximum absolute atomic E-state index is 10.8. The Labute approximate surface area is 108 Å². The number of carbonyl (C=O) groups is 1.